The molecule has 0 amide bonds. The van der Waals surface area contributed by atoms with E-state index in [-0.39, 0.29) is 26.0 Å². The van der Waals surface area contributed by atoms with Crippen LogP contribution in [0.3, 0.4) is 0 Å². The van der Waals surface area contributed by atoms with Crippen molar-refractivity contribution in [2.24, 2.45) is 0 Å². The summed E-state index contributed by atoms with van der Waals surface area (Å²) in [6.07, 6.45) is 0.400. The Kier molecular flexibility index (Phi) is 10.7. The molecule has 1 atom stereocenters. The van der Waals surface area contributed by atoms with E-state index in [4.69, 9.17) is 12.1 Å². The average Bonchev–Trinajstić information content (AvgIpc) is 3.79. The largest absolute Gasteiger partial charge is 0.486 e. The first-order chi connectivity index (χ1) is 27.8. The number of nitrogens with zero attached hydrogens (tertiary/aromatic N) is 5. The second kappa shape index (κ2) is 16.5. The minimum absolute atomic E-state index is 0. The molecule has 0 saturated carbocycles. The van der Waals surface area contributed by atoms with E-state index in [9.17, 15) is 0 Å². The minimum Gasteiger partial charge on any atom is -0.486 e. The van der Waals surface area contributed by atoms with Crippen molar-refractivity contribution in [3.63, 3.8) is 0 Å². The number of fused-ring (bicyclic) bond motifs is 4. The molecule has 4 aromatic carbocycles. The first-order valence-electron chi connectivity index (χ1n) is 20.0. The van der Waals surface area contributed by atoms with E-state index in [1.807, 2.05) is 131 Å². The summed E-state index contributed by atoms with van der Waals surface area (Å²) in [5, 5.41) is 3.08. The smallest absolute Gasteiger partial charge is 0.216 e. The third-order valence-corrected chi connectivity index (χ3v) is 11.9. The van der Waals surface area contributed by atoms with Gasteiger partial charge in [0.15, 0.2) is 0 Å². The number of aromatic nitrogens is 5. The van der Waals surface area contributed by atoms with Gasteiger partial charge in [-0.25, -0.2) is 4.98 Å². The van der Waals surface area contributed by atoms with Crippen LogP contribution in [-0.2, 0) is 26.5 Å². The summed E-state index contributed by atoms with van der Waals surface area (Å²) >= 11 is 0. The molecule has 0 N–H and O–H groups in total. The number of hydrogen-bond acceptors (Lipinski definition) is 5. The van der Waals surface area contributed by atoms with Gasteiger partial charge in [0, 0.05) is 57.2 Å². The van der Waals surface area contributed by atoms with Crippen LogP contribution < -0.4 is 5.19 Å². The number of para-hydroxylation sites is 2. The molecule has 57 heavy (non-hydrogen) atoms. The Balaban J connectivity index is 0.000000178. The summed E-state index contributed by atoms with van der Waals surface area (Å²) in [5.74, 6) is 0.524. The summed E-state index contributed by atoms with van der Waals surface area (Å²) in [6, 6.07) is 46.5. The van der Waals surface area contributed by atoms with Gasteiger partial charge in [-0.05, 0) is 85.9 Å². The van der Waals surface area contributed by atoms with Gasteiger partial charge in [-0.1, -0.05) is 91.6 Å². The van der Waals surface area contributed by atoms with E-state index in [0.717, 1.165) is 89.1 Å². The number of hydrogen-bond donors (Lipinski definition) is 0. The predicted octanol–water partition coefficient (Wildman–Crippen LogP) is 11.5. The fourth-order valence-electron chi connectivity index (χ4n) is 7.21. The zero-order chi connectivity index (χ0) is 40.8. The first-order valence-corrected chi connectivity index (χ1v) is 22.5. The molecular formula is C49H45IrN5OSi-2. The van der Waals surface area contributed by atoms with Crippen LogP contribution in [0.2, 0.25) is 19.6 Å². The van der Waals surface area contributed by atoms with Crippen molar-refractivity contribution < 1.29 is 27.3 Å². The molecule has 0 aliphatic carbocycles. The molecule has 0 aliphatic heterocycles. The maximum absolute atomic E-state index is 9.04. The van der Waals surface area contributed by atoms with Crippen LogP contribution in [0.15, 0.2) is 132 Å². The van der Waals surface area contributed by atoms with Crippen LogP contribution in [0, 0.1) is 32.9 Å². The van der Waals surface area contributed by atoms with Crippen molar-refractivity contribution >= 4 is 46.4 Å². The van der Waals surface area contributed by atoms with E-state index in [1.54, 1.807) is 0 Å². The van der Waals surface area contributed by atoms with Crippen LogP contribution >= 0.6 is 0 Å². The molecule has 8 heteroatoms. The molecule has 6 nitrogen and oxygen atoms in total. The fraction of sp³-hybridized carbons (Fsp3) is 0.184. The second-order valence-corrected chi connectivity index (χ2v) is 20.3. The maximum Gasteiger partial charge on any atom is 0.216 e. The van der Waals surface area contributed by atoms with Gasteiger partial charge in [0.05, 0.1) is 30.5 Å². The van der Waals surface area contributed by atoms with E-state index in [2.05, 4.69) is 75.6 Å². The van der Waals surface area contributed by atoms with Gasteiger partial charge in [-0.2, -0.15) is 0 Å². The molecular weight excluding hydrogens is 895 g/mol. The summed E-state index contributed by atoms with van der Waals surface area (Å²) in [6.45, 7) is 14.7. The number of pyridine rings is 3. The van der Waals surface area contributed by atoms with Crippen LogP contribution in [-0.4, -0.2) is 32.6 Å². The normalized spacial score (nSPS) is 12.8. The van der Waals surface area contributed by atoms with Crippen molar-refractivity contribution in [3.05, 3.63) is 168 Å². The molecule has 0 bridgehead atoms. The number of furan rings is 1. The van der Waals surface area contributed by atoms with Crippen LogP contribution in [0.25, 0.3) is 61.4 Å². The van der Waals surface area contributed by atoms with E-state index in [0.29, 0.717) is 5.71 Å². The van der Waals surface area contributed by atoms with Gasteiger partial charge in [0.2, 0.25) is 5.71 Å². The molecule has 0 saturated heterocycles. The summed E-state index contributed by atoms with van der Waals surface area (Å²) in [7, 11) is -1.77. The zero-order valence-corrected chi connectivity index (χ0v) is 36.6. The molecule has 1 radical (unpaired) electrons. The SMILES string of the molecule is Cc1cc(-n2c(-c3[c-]ccc4c3oc3nc(C)ccc34)nc3ccccc32)cc(C)n1.[2H]C([2H])(c1cc(-c2[c-]cccc2)ncc1[Si](C)(C)C)C(C)c1ccccc1.[Ir]. The molecule has 9 rings (SSSR count). The molecule has 5 aromatic heterocycles. The fourth-order valence-corrected chi connectivity index (χ4v) is 8.61. The van der Waals surface area contributed by atoms with Crippen molar-refractivity contribution in [3.8, 4) is 28.3 Å². The van der Waals surface area contributed by atoms with Crippen molar-refractivity contribution in [2.45, 2.75) is 59.6 Å². The van der Waals surface area contributed by atoms with Gasteiger partial charge in [-0.15, -0.1) is 54.1 Å². The Morgan fingerprint density at radius 2 is 1.49 bits per heavy atom. The Labute approximate surface area is 352 Å². The van der Waals surface area contributed by atoms with E-state index in [1.165, 1.54) is 0 Å². The number of imidazole rings is 1. The quantitative estimate of drug-likeness (QED) is 0.118. The predicted molar refractivity (Wildman–Crippen MR) is 232 cm³/mol. The number of aryl methyl sites for hydroxylation is 3. The first kappa shape index (κ1) is 37.1. The van der Waals surface area contributed by atoms with Crippen LogP contribution in [0.5, 0.6) is 0 Å². The molecule has 1 unspecified atom stereocenters. The van der Waals surface area contributed by atoms with E-state index >= 15 is 0 Å². The van der Waals surface area contributed by atoms with Crippen LogP contribution in [0.4, 0.5) is 0 Å². The average molecular weight is 942 g/mol. The molecule has 5 heterocycles. The van der Waals surface area contributed by atoms with Crippen molar-refractivity contribution in [2.75, 3.05) is 0 Å². The van der Waals surface area contributed by atoms with Crippen molar-refractivity contribution in [1.82, 2.24) is 24.5 Å². The molecule has 0 fully saturated rings. The Morgan fingerprint density at radius 1 is 0.754 bits per heavy atom. The van der Waals surface area contributed by atoms with Gasteiger partial charge < -0.3 is 14.0 Å². The van der Waals surface area contributed by atoms with Crippen molar-refractivity contribution in [1.29, 1.82) is 0 Å². The van der Waals surface area contributed by atoms with Gasteiger partial charge >= 0.3 is 0 Å². The zero-order valence-electron chi connectivity index (χ0n) is 35.2. The van der Waals surface area contributed by atoms with Crippen LogP contribution in [0.1, 0.15) is 43.8 Å². The number of benzene rings is 4. The number of rotatable bonds is 7. The molecule has 9 aromatic rings. The minimum atomic E-state index is -1.77. The molecule has 287 valence electrons. The monoisotopic (exact) mass is 942 g/mol. The molecule has 0 aliphatic rings. The third kappa shape index (κ3) is 8.31. The summed E-state index contributed by atoms with van der Waals surface area (Å²) in [5.41, 5.74) is 11.4. The van der Waals surface area contributed by atoms with E-state index < -0.39 is 14.4 Å². The van der Waals surface area contributed by atoms with Gasteiger partial charge in [0.1, 0.15) is 0 Å². The third-order valence-electron chi connectivity index (χ3n) is 9.92. The topological polar surface area (TPSA) is 69.6 Å². The van der Waals surface area contributed by atoms with Gasteiger partial charge in [0.25, 0.3) is 0 Å². The molecule has 0 spiro atoms. The Hall–Kier alpha value is -5.53. The summed E-state index contributed by atoms with van der Waals surface area (Å²) in [4.78, 5) is 18.8. The Morgan fingerprint density at radius 3 is 2.23 bits per heavy atom. The maximum atomic E-state index is 9.04. The Bertz CT molecular complexity index is 2900. The summed E-state index contributed by atoms with van der Waals surface area (Å²) < 4.78 is 26.5. The second-order valence-electron chi connectivity index (χ2n) is 15.3. The standard InChI is InChI=1S/C26H19N4O.C23H26NSi.Ir/c1-15-11-12-20-19-7-6-8-21(24(19)31-26(20)28-15)25-29-22-9-4-5-10-23(22)30(25)18-13-16(2)27-17(3)14-18;1-18(19-11-7-5-8-12-19)15-21-16-22(20-13-9-6-10-14-20)24-17-23(21)25(2,3)4;/h4-7,9-14H,1-3H3;5-13,16-18H,15H2,1-4H3;/q2*-1;/i;15D2;. The van der Waals surface area contributed by atoms with Gasteiger partial charge in [-0.3, -0.25) is 9.97 Å².